The monoisotopic (exact) mass is 542 g/mol. The second-order valence-corrected chi connectivity index (χ2v) is 10.9. The van der Waals surface area contributed by atoms with Crippen LogP contribution in [0, 0.1) is 13.8 Å². The van der Waals surface area contributed by atoms with Crippen molar-refractivity contribution >= 4 is 40.3 Å². The predicted molar refractivity (Wildman–Crippen MR) is 164 cm³/mol. The number of hydrogen-bond donors (Lipinski definition) is 0. The number of unbranched alkanes of at least 4 members (excludes halogenated alkanes) is 5. The number of amides is 1. The highest BCUT2D eigenvalue weighted by Gasteiger charge is 2.34. The molecule has 0 unspecified atom stereocenters. The van der Waals surface area contributed by atoms with Gasteiger partial charge < -0.3 is 9.47 Å². The Labute approximate surface area is 236 Å². The summed E-state index contributed by atoms with van der Waals surface area (Å²) in [5.41, 5.74) is 4.77. The third kappa shape index (κ3) is 7.76. The topological polar surface area (TPSA) is 51.1 Å². The van der Waals surface area contributed by atoms with E-state index < -0.39 is 0 Å². The molecule has 0 N–H and O–H groups in total. The summed E-state index contributed by atoms with van der Waals surface area (Å²) in [6.07, 6.45) is 9.20. The molecule has 5 nitrogen and oxygen atoms in total. The number of carbonyl (C=O) groups is 1. The molecule has 1 saturated heterocycles. The Morgan fingerprint density at radius 1 is 0.846 bits per heavy atom. The lowest BCUT2D eigenvalue weighted by molar-refractivity contribution is -0.113. The highest BCUT2D eigenvalue weighted by Crippen LogP contribution is 2.38. The van der Waals surface area contributed by atoms with Gasteiger partial charge in [-0.3, -0.25) is 9.69 Å². The molecular weight excluding hydrogens is 504 g/mol. The Morgan fingerprint density at radius 2 is 1.51 bits per heavy atom. The van der Waals surface area contributed by atoms with Crippen LogP contribution in [0.3, 0.4) is 0 Å². The highest BCUT2D eigenvalue weighted by atomic mass is 32.2. The number of ether oxygens (including phenoxy) is 2. The Balaban J connectivity index is 1.54. The maximum atomic E-state index is 13.6. The van der Waals surface area contributed by atoms with Gasteiger partial charge in [0.05, 0.1) is 30.0 Å². The van der Waals surface area contributed by atoms with Crippen molar-refractivity contribution in [3.8, 4) is 11.5 Å². The summed E-state index contributed by atoms with van der Waals surface area (Å²) >= 11 is 1.38. The molecule has 0 spiro atoms. The third-order valence-corrected chi connectivity index (χ3v) is 7.57. The van der Waals surface area contributed by atoms with Crippen molar-refractivity contribution in [2.24, 2.45) is 4.99 Å². The van der Waals surface area contributed by atoms with Gasteiger partial charge in [-0.25, -0.2) is 4.99 Å². The van der Waals surface area contributed by atoms with Crippen LogP contribution in [0.15, 0.2) is 76.6 Å². The Morgan fingerprint density at radius 3 is 2.21 bits per heavy atom. The molecule has 3 aromatic rings. The lowest BCUT2D eigenvalue weighted by Crippen LogP contribution is -2.28. The number of rotatable bonds is 12. The molecule has 204 valence electrons. The number of methoxy groups -OCH3 is 1. The van der Waals surface area contributed by atoms with Crippen molar-refractivity contribution in [1.82, 2.24) is 0 Å². The molecule has 0 saturated carbocycles. The number of carbonyl (C=O) groups excluding carboxylic acids is 1. The van der Waals surface area contributed by atoms with E-state index in [1.54, 1.807) is 12.0 Å². The van der Waals surface area contributed by atoms with Crippen molar-refractivity contribution in [2.75, 3.05) is 18.6 Å². The van der Waals surface area contributed by atoms with Gasteiger partial charge in [0.15, 0.2) is 16.7 Å². The number of amidine groups is 1. The maximum absolute atomic E-state index is 13.6. The average Bonchev–Trinajstić information content (AvgIpc) is 3.24. The number of thioether (sulfide) groups is 1. The lowest BCUT2D eigenvalue weighted by Gasteiger charge is -2.16. The number of nitrogens with zero attached hydrogens (tertiary/aromatic N) is 2. The summed E-state index contributed by atoms with van der Waals surface area (Å²) in [6.45, 7) is 6.98. The molecule has 0 radical (unpaired) electrons. The van der Waals surface area contributed by atoms with E-state index in [1.165, 1.54) is 49.4 Å². The summed E-state index contributed by atoms with van der Waals surface area (Å²) in [5, 5.41) is 0.629. The summed E-state index contributed by atoms with van der Waals surface area (Å²) in [6, 6.07) is 21.7. The quantitative estimate of drug-likeness (QED) is 0.169. The Kier molecular flexibility index (Phi) is 10.3. The van der Waals surface area contributed by atoms with Gasteiger partial charge in [-0.1, -0.05) is 80.5 Å². The van der Waals surface area contributed by atoms with E-state index in [4.69, 9.17) is 14.5 Å². The molecule has 1 fully saturated rings. The predicted octanol–water partition coefficient (Wildman–Crippen LogP) is 8.86. The van der Waals surface area contributed by atoms with Gasteiger partial charge in [0.1, 0.15) is 0 Å². The zero-order valence-corrected chi connectivity index (χ0v) is 24.2. The van der Waals surface area contributed by atoms with Crippen molar-refractivity contribution in [2.45, 2.75) is 59.3 Å². The minimum Gasteiger partial charge on any atom is -0.493 e. The van der Waals surface area contributed by atoms with Crippen molar-refractivity contribution in [1.29, 1.82) is 0 Å². The van der Waals surface area contributed by atoms with Crippen LogP contribution in [0.2, 0.25) is 0 Å². The van der Waals surface area contributed by atoms with Crippen LogP contribution < -0.4 is 14.4 Å². The molecule has 39 heavy (non-hydrogen) atoms. The van der Waals surface area contributed by atoms with E-state index in [0.29, 0.717) is 22.4 Å². The maximum Gasteiger partial charge on any atom is 0.271 e. The smallest absolute Gasteiger partial charge is 0.271 e. The molecule has 0 bridgehead atoms. The summed E-state index contributed by atoms with van der Waals surface area (Å²) < 4.78 is 11.6. The molecule has 4 rings (SSSR count). The fraction of sp³-hybridized carbons (Fsp3) is 0.333. The summed E-state index contributed by atoms with van der Waals surface area (Å²) in [4.78, 5) is 20.8. The summed E-state index contributed by atoms with van der Waals surface area (Å²) in [5.74, 6) is 1.29. The van der Waals surface area contributed by atoms with Crippen LogP contribution >= 0.6 is 11.8 Å². The fourth-order valence-electron chi connectivity index (χ4n) is 4.31. The van der Waals surface area contributed by atoms with E-state index in [0.717, 1.165) is 34.7 Å². The normalized spacial score (nSPS) is 15.4. The van der Waals surface area contributed by atoms with E-state index in [2.05, 4.69) is 6.92 Å². The molecule has 0 aliphatic carbocycles. The largest absolute Gasteiger partial charge is 0.493 e. The SMILES string of the molecule is CCCCCCCCOc1ccc(/C=C2/SC(=Nc3ccc(C)cc3)N(c3ccc(C)cc3)C2=O)cc1OC. The van der Waals surface area contributed by atoms with Crippen molar-refractivity contribution in [3.05, 3.63) is 88.3 Å². The first-order chi connectivity index (χ1) is 19.0. The van der Waals surface area contributed by atoms with Crippen molar-refractivity contribution in [3.63, 3.8) is 0 Å². The first kappa shape index (κ1) is 28.5. The van der Waals surface area contributed by atoms with Gasteiger partial charge in [-0.2, -0.15) is 0 Å². The van der Waals surface area contributed by atoms with Gasteiger partial charge in [-0.05, 0) is 80.1 Å². The second-order valence-electron chi connectivity index (χ2n) is 9.84. The molecule has 6 heteroatoms. The number of aryl methyl sites for hydroxylation is 2. The number of benzene rings is 3. The molecular formula is C33H38N2O3S. The standard InChI is InChI=1S/C33H38N2O3S/c1-5-6-7-8-9-10-21-38-29-20-15-26(22-30(29)37-4)23-31-32(36)35(28-18-13-25(3)14-19-28)33(39-31)34-27-16-11-24(2)12-17-27/h11-20,22-23H,5-10,21H2,1-4H3/b31-23+,34-33?. The molecule has 1 amide bonds. The molecule has 1 aliphatic rings. The fourth-order valence-corrected chi connectivity index (χ4v) is 5.31. The summed E-state index contributed by atoms with van der Waals surface area (Å²) in [7, 11) is 1.64. The van der Waals surface area contributed by atoms with Gasteiger partial charge >= 0.3 is 0 Å². The van der Waals surface area contributed by atoms with Crippen LogP contribution in [-0.2, 0) is 4.79 Å². The first-order valence-corrected chi connectivity index (χ1v) is 14.6. The van der Waals surface area contributed by atoms with E-state index >= 15 is 0 Å². The molecule has 0 aromatic heterocycles. The zero-order valence-electron chi connectivity index (χ0n) is 23.4. The molecule has 0 atom stereocenters. The van der Waals surface area contributed by atoms with E-state index in [9.17, 15) is 4.79 Å². The van der Waals surface area contributed by atoms with Crippen LogP contribution in [-0.4, -0.2) is 24.8 Å². The van der Waals surface area contributed by atoms with Gasteiger partial charge in [-0.15, -0.1) is 0 Å². The zero-order chi connectivity index (χ0) is 27.6. The van der Waals surface area contributed by atoms with Crippen LogP contribution in [0.4, 0.5) is 11.4 Å². The molecule has 3 aromatic carbocycles. The van der Waals surface area contributed by atoms with Gasteiger partial charge in [0, 0.05) is 0 Å². The third-order valence-electron chi connectivity index (χ3n) is 6.60. The van der Waals surface area contributed by atoms with Crippen LogP contribution in [0.5, 0.6) is 11.5 Å². The minimum absolute atomic E-state index is 0.0999. The molecule has 1 heterocycles. The first-order valence-electron chi connectivity index (χ1n) is 13.8. The van der Waals surface area contributed by atoms with Gasteiger partial charge in [0.25, 0.3) is 5.91 Å². The second kappa shape index (κ2) is 14.0. The Hall–Kier alpha value is -3.51. The lowest BCUT2D eigenvalue weighted by atomic mass is 10.1. The van der Waals surface area contributed by atoms with Crippen LogP contribution in [0.25, 0.3) is 6.08 Å². The number of aliphatic imine (C=N–C) groups is 1. The molecule has 1 aliphatic heterocycles. The van der Waals surface area contributed by atoms with Crippen molar-refractivity contribution < 1.29 is 14.3 Å². The average molecular weight is 543 g/mol. The van der Waals surface area contributed by atoms with E-state index in [1.807, 2.05) is 86.7 Å². The number of hydrogen-bond acceptors (Lipinski definition) is 5. The van der Waals surface area contributed by atoms with Gasteiger partial charge in [0.2, 0.25) is 0 Å². The Bertz CT molecular complexity index is 1310. The minimum atomic E-state index is -0.0999. The van der Waals surface area contributed by atoms with Crippen LogP contribution in [0.1, 0.15) is 62.1 Å². The van der Waals surface area contributed by atoms with E-state index in [-0.39, 0.29) is 5.91 Å². The number of anilines is 1. The highest BCUT2D eigenvalue weighted by molar-refractivity contribution is 8.19.